The second-order valence-corrected chi connectivity index (χ2v) is 6.89. The van der Waals surface area contributed by atoms with Crippen molar-refractivity contribution in [3.63, 3.8) is 0 Å². The van der Waals surface area contributed by atoms with Crippen molar-refractivity contribution in [1.29, 1.82) is 0 Å². The third kappa shape index (κ3) is 5.74. The summed E-state index contributed by atoms with van der Waals surface area (Å²) < 4.78 is 6.45. The van der Waals surface area contributed by atoms with Gasteiger partial charge in [-0.3, -0.25) is 0 Å². The lowest BCUT2D eigenvalue weighted by atomic mass is 10.3. The van der Waals surface area contributed by atoms with Gasteiger partial charge in [-0.2, -0.15) is 0 Å². The van der Waals surface area contributed by atoms with E-state index in [9.17, 15) is 4.79 Å². The average Bonchev–Trinajstić information content (AvgIpc) is 2.52. The molecule has 8 heteroatoms. The van der Waals surface area contributed by atoms with E-state index >= 15 is 0 Å². The molecule has 2 aromatic carbocycles. The lowest BCUT2D eigenvalue weighted by Crippen LogP contribution is -2.30. The summed E-state index contributed by atoms with van der Waals surface area (Å²) >= 11 is 21.4. The molecule has 0 bridgehead atoms. The molecule has 0 aromatic heterocycles. The van der Waals surface area contributed by atoms with Crippen LogP contribution >= 0.6 is 50.7 Å². The highest BCUT2D eigenvalue weighted by Gasteiger charge is 2.09. The predicted molar refractivity (Wildman–Crippen MR) is 103 cm³/mol. The van der Waals surface area contributed by atoms with E-state index in [-0.39, 0.29) is 6.03 Å². The van der Waals surface area contributed by atoms with Gasteiger partial charge < -0.3 is 15.4 Å². The van der Waals surface area contributed by atoms with Gasteiger partial charge in [-0.25, -0.2) is 4.79 Å². The Bertz CT molecular complexity index is 708. The minimum Gasteiger partial charge on any atom is -0.492 e. The zero-order valence-electron chi connectivity index (χ0n) is 12.4. The van der Waals surface area contributed by atoms with Gasteiger partial charge in [-0.05, 0) is 36.8 Å². The molecule has 0 saturated heterocycles. The summed E-state index contributed by atoms with van der Waals surface area (Å²) in [5.41, 5.74) is 0.385. The number of rotatable bonds is 6. The van der Waals surface area contributed by atoms with Crippen molar-refractivity contribution < 1.29 is 9.53 Å². The number of urea groups is 1. The second kappa shape index (κ2) is 9.37. The Balaban J connectivity index is 1.71. The van der Waals surface area contributed by atoms with Crippen LogP contribution in [0.2, 0.25) is 15.1 Å². The molecule has 128 valence electrons. The van der Waals surface area contributed by atoms with Gasteiger partial charge in [0, 0.05) is 11.0 Å². The van der Waals surface area contributed by atoms with E-state index in [1.165, 1.54) is 0 Å². The predicted octanol–water partition coefficient (Wildman–Crippen LogP) is 6.00. The first kappa shape index (κ1) is 19.2. The molecule has 0 unspecified atom stereocenters. The fourth-order valence-corrected chi connectivity index (χ4v) is 3.04. The fraction of sp³-hybridized carbons (Fsp3) is 0.188. The maximum Gasteiger partial charge on any atom is 0.319 e. The molecular weight excluding hydrogens is 438 g/mol. The molecule has 0 aliphatic rings. The summed E-state index contributed by atoms with van der Waals surface area (Å²) in [7, 11) is 0. The summed E-state index contributed by atoms with van der Waals surface area (Å²) in [6, 6.07) is 10.0. The number of benzene rings is 2. The zero-order chi connectivity index (χ0) is 17.5. The van der Waals surface area contributed by atoms with Crippen LogP contribution in [0.5, 0.6) is 5.75 Å². The summed E-state index contributed by atoms with van der Waals surface area (Å²) in [6.07, 6.45) is 0.621. The van der Waals surface area contributed by atoms with E-state index in [0.29, 0.717) is 46.1 Å². The Morgan fingerprint density at radius 1 is 1.08 bits per heavy atom. The summed E-state index contributed by atoms with van der Waals surface area (Å²) in [6.45, 7) is 0.858. The summed E-state index contributed by atoms with van der Waals surface area (Å²) in [5, 5.41) is 6.62. The number of amides is 2. The Labute approximate surface area is 163 Å². The highest BCUT2D eigenvalue weighted by atomic mass is 79.9. The van der Waals surface area contributed by atoms with Gasteiger partial charge in [0.25, 0.3) is 0 Å². The van der Waals surface area contributed by atoms with Gasteiger partial charge in [0.2, 0.25) is 0 Å². The standard InChI is InChI=1S/C16H14BrCl3N2O2/c17-10-5-6-14(13(20)9-10)24-8-2-7-21-16(23)22-15-11(18)3-1-4-12(15)19/h1,3-6,9H,2,7-8H2,(H2,21,22,23). The number of nitrogens with one attached hydrogen (secondary N) is 2. The van der Waals surface area contributed by atoms with Gasteiger partial charge in [0.1, 0.15) is 5.75 Å². The molecule has 24 heavy (non-hydrogen) atoms. The third-order valence-electron chi connectivity index (χ3n) is 2.96. The number of hydrogen-bond donors (Lipinski definition) is 2. The monoisotopic (exact) mass is 450 g/mol. The van der Waals surface area contributed by atoms with Crippen molar-refractivity contribution in [2.45, 2.75) is 6.42 Å². The third-order valence-corrected chi connectivity index (χ3v) is 4.38. The van der Waals surface area contributed by atoms with Crippen LogP contribution in [0.3, 0.4) is 0 Å². The first-order valence-electron chi connectivity index (χ1n) is 7.04. The van der Waals surface area contributed by atoms with Gasteiger partial charge in [0.05, 0.1) is 27.4 Å². The molecule has 0 aliphatic heterocycles. The van der Waals surface area contributed by atoms with Crippen molar-refractivity contribution in [1.82, 2.24) is 5.32 Å². The fourth-order valence-electron chi connectivity index (χ4n) is 1.82. The molecule has 2 rings (SSSR count). The normalized spacial score (nSPS) is 10.3. The molecule has 0 heterocycles. The number of para-hydroxylation sites is 1. The lowest BCUT2D eigenvalue weighted by Gasteiger charge is -2.11. The minimum absolute atomic E-state index is 0.380. The minimum atomic E-state index is -0.383. The summed E-state index contributed by atoms with van der Waals surface area (Å²) in [4.78, 5) is 11.8. The van der Waals surface area contributed by atoms with Crippen LogP contribution in [0.25, 0.3) is 0 Å². The number of anilines is 1. The Morgan fingerprint density at radius 2 is 1.79 bits per heavy atom. The van der Waals surface area contributed by atoms with Crippen LogP contribution < -0.4 is 15.4 Å². The van der Waals surface area contributed by atoms with Crippen molar-refractivity contribution >= 4 is 62.5 Å². The SMILES string of the molecule is O=C(NCCCOc1ccc(Br)cc1Cl)Nc1c(Cl)cccc1Cl. The molecule has 0 atom stereocenters. The lowest BCUT2D eigenvalue weighted by molar-refractivity contribution is 0.250. The van der Waals surface area contributed by atoms with Crippen molar-refractivity contribution in [2.24, 2.45) is 0 Å². The van der Waals surface area contributed by atoms with Gasteiger partial charge in [-0.15, -0.1) is 0 Å². The molecule has 2 amide bonds. The maximum absolute atomic E-state index is 11.8. The number of ether oxygens (including phenoxy) is 1. The first-order valence-corrected chi connectivity index (χ1v) is 8.97. The highest BCUT2D eigenvalue weighted by molar-refractivity contribution is 9.10. The van der Waals surface area contributed by atoms with Crippen LogP contribution in [-0.2, 0) is 0 Å². The van der Waals surface area contributed by atoms with E-state index in [1.54, 1.807) is 30.3 Å². The van der Waals surface area contributed by atoms with Crippen molar-refractivity contribution in [2.75, 3.05) is 18.5 Å². The van der Waals surface area contributed by atoms with Gasteiger partial charge >= 0.3 is 6.03 Å². The van der Waals surface area contributed by atoms with Crippen molar-refractivity contribution in [3.05, 3.63) is 55.9 Å². The first-order chi connectivity index (χ1) is 11.5. The van der Waals surface area contributed by atoms with Crippen LogP contribution in [0.1, 0.15) is 6.42 Å². The van der Waals surface area contributed by atoms with E-state index in [0.717, 1.165) is 4.47 Å². The van der Waals surface area contributed by atoms with Crippen LogP contribution in [0.4, 0.5) is 10.5 Å². The van der Waals surface area contributed by atoms with Gasteiger partial charge in [-0.1, -0.05) is 56.8 Å². The highest BCUT2D eigenvalue weighted by Crippen LogP contribution is 2.29. The van der Waals surface area contributed by atoms with E-state index in [1.807, 2.05) is 6.07 Å². The molecule has 0 spiro atoms. The molecule has 4 nitrogen and oxygen atoms in total. The number of carbonyl (C=O) groups is 1. The molecule has 0 fully saturated rings. The molecule has 2 N–H and O–H groups in total. The quantitative estimate of drug-likeness (QED) is 0.528. The Kier molecular flexibility index (Phi) is 7.49. The zero-order valence-corrected chi connectivity index (χ0v) is 16.3. The van der Waals surface area contributed by atoms with Crippen LogP contribution in [0.15, 0.2) is 40.9 Å². The molecule has 0 radical (unpaired) electrons. The smallest absolute Gasteiger partial charge is 0.319 e. The van der Waals surface area contributed by atoms with E-state index < -0.39 is 0 Å². The van der Waals surface area contributed by atoms with Crippen molar-refractivity contribution in [3.8, 4) is 5.75 Å². The Hall–Kier alpha value is -1.14. The Morgan fingerprint density at radius 3 is 2.46 bits per heavy atom. The largest absolute Gasteiger partial charge is 0.492 e. The van der Waals surface area contributed by atoms with E-state index in [4.69, 9.17) is 39.5 Å². The molecular formula is C16H14BrCl3N2O2. The average molecular weight is 453 g/mol. The van der Waals surface area contributed by atoms with Crippen LogP contribution in [-0.4, -0.2) is 19.2 Å². The van der Waals surface area contributed by atoms with Crippen LogP contribution in [0, 0.1) is 0 Å². The molecule has 2 aromatic rings. The number of halogens is 4. The number of carbonyl (C=O) groups excluding carboxylic acids is 1. The molecule has 0 saturated carbocycles. The van der Waals surface area contributed by atoms with E-state index in [2.05, 4.69) is 26.6 Å². The van der Waals surface area contributed by atoms with Gasteiger partial charge in [0.15, 0.2) is 0 Å². The maximum atomic E-state index is 11.8. The summed E-state index contributed by atoms with van der Waals surface area (Å²) in [5.74, 6) is 0.604. The molecule has 0 aliphatic carbocycles. The topological polar surface area (TPSA) is 50.4 Å². The number of hydrogen-bond acceptors (Lipinski definition) is 2. The second-order valence-electron chi connectivity index (χ2n) is 4.75.